The quantitative estimate of drug-likeness (QED) is 0.656. The van der Waals surface area contributed by atoms with E-state index in [1.807, 2.05) is 0 Å². The first-order valence-electron chi connectivity index (χ1n) is 4.55. The molecule has 0 aromatic heterocycles. The van der Waals surface area contributed by atoms with E-state index in [0.717, 1.165) is 13.0 Å². The molecule has 0 unspecified atom stereocenters. The molecule has 0 amide bonds. The number of hydrogen-bond donors (Lipinski definition) is 0. The largest absolute Gasteiger partial charge is 0.352 e. The van der Waals surface area contributed by atoms with Crippen LogP contribution in [0.4, 0.5) is 0 Å². The molecule has 2 nitrogen and oxygen atoms in total. The van der Waals surface area contributed by atoms with Crippen molar-refractivity contribution in [1.82, 2.24) is 0 Å². The predicted octanol–water partition coefficient (Wildman–Crippen LogP) is 2.21. The van der Waals surface area contributed by atoms with Crippen molar-refractivity contribution in [3.8, 4) is 0 Å². The van der Waals surface area contributed by atoms with Crippen molar-refractivity contribution in [3.05, 3.63) is 34.9 Å². The summed E-state index contributed by atoms with van der Waals surface area (Å²) in [6.45, 7) is 2.86. The summed E-state index contributed by atoms with van der Waals surface area (Å²) in [4.78, 5) is 0. The van der Waals surface area contributed by atoms with E-state index in [0.29, 0.717) is 0 Å². The topological polar surface area (TPSA) is 18.5 Å². The van der Waals surface area contributed by atoms with Gasteiger partial charge in [0.2, 0.25) is 0 Å². The monoisotopic (exact) mass is 178 g/mol. The highest BCUT2D eigenvalue weighted by Crippen LogP contribution is 2.29. The van der Waals surface area contributed by atoms with Crippen LogP contribution < -0.4 is 0 Å². The van der Waals surface area contributed by atoms with Crippen molar-refractivity contribution in [2.24, 2.45) is 0 Å². The van der Waals surface area contributed by atoms with E-state index < -0.39 is 0 Å². The van der Waals surface area contributed by atoms with E-state index in [9.17, 15) is 0 Å². The van der Waals surface area contributed by atoms with Gasteiger partial charge in [-0.2, -0.15) is 0 Å². The maximum atomic E-state index is 5.51. The molecule has 0 bridgehead atoms. The van der Waals surface area contributed by atoms with E-state index in [2.05, 4.69) is 25.1 Å². The van der Waals surface area contributed by atoms with Crippen molar-refractivity contribution in [3.63, 3.8) is 0 Å². The van der Waals surface area contributed by atoms with Gasteiger partial charge in [0.15, 0.2) is 6.29 Å². The lowest BCUT2D eigenvalue weighted by Gasteiger charge is -2.26. The number of aryl methyl sites for hydroxylation is 1. The minimum Gasteiger partial charge on any atom is -0.352 e. The molecule has 1 aromatic carbocycles. The van der Waals surface area contributed by atoms with Gasteiger partial charge in [0.25, 0.3) is 0 Å². The second kappa shape index (κ2) is 3.48. The second-order valence-electron chi connectivity index (χ2n) is 3.34. The summed E-state index contributed by atoms with van der Waals surface area (Å²) >= 11 is 0. The predicted molar refractivity (Wildman–Crippen MR) is 50.6 cm³/mol. The molecule has 13 heavy (non-hydrogen) atoms. The molecule has 1 aromatic rings. The average Bonchev–Trinajstić information content (AvgIpc) is 2.17. The fraction of sp³-hybridized carbons (Fsp3) is 0.455. The molecule has 1 atom stereocenters. The Labute approximate surface area is 78.5 Å². The van der Waals surface area contributed by atoms with Crippen molar-refractivity contribution in [1.29, 1.82) is 0 Å². The number of benzene rings is 1. The SMILES string of the molecule is CO[C@@H]1OCCc2cccc(C)c21. The Hall–Kier alpha value is -0.860. The zero-order valence-electron chi connectivity index (χ0n) is 8.04. The highest BCUT2D eigenvalue weighted by molar-refractivity contribution is 5.36. The second-order valence-corrected chi connectivity index (χ2v) is 3.34. The fourth-order valence-electron chi connectivity index (χ4n) is 1.84. The van der Waals surface area contributed by atoms with Gasteiger partial charge in [0.05, 0.1) is 6.61 Å². The zero-order chi connectivity index (χ0) is 9.26. The van der Waals surface area contributed by atoms with Crippen LogP contribution in [-0.4, -0.2) is 13.7 Å². The average molecular weight is 178 g/mol. The van der Waals surface area contributed by atoms with Crippen LogP contribution in [0.2, 0.25) is 0 Å². The Morgan fingerprint density at radius 2 is 2.31 bits per heavy atom. The molecule has 0 aliphatic carbocycles. The normalized spacial score (nSPS) is 21.2. The molecule has 2 rings (SSSR count). The number of hydrogen-bond acceptors (Lipinski definition) is 2. The highest BCUT2D eigenvalue weighted by Gasteiger charge is 2.21. The molecule has 0 fully saturated rings. The van der Waals surface area contributed by atoms with Crippen LogP contribution in [0.3, 0.4) is 0 Å². The van der Waals surface area contributed by atoms with Crippen LogP contribution in [0.1, 0.15) is 23.0 Å². The molecule has 1 aliphatic rings. The van der Waals surface area contributed by atoms with Crippen molar-refractivity contribution >= 4 is 0 Å². The van der Waals surface area contributed by atoms with Crippen LogP contribution in [-0.2, 0) is 15.9 Å². The Morgan fingerprint density at radius 1 is 1.46 bits per heavy atom. The number of ether oxygens (including phenoxy) is 2. The van der Waals surface area contributed by atoms with E-state index >= 15 is 0 Å². The molecule has 0 radical (unpaired) electrons. The van der Waals surface area contributed by atoms with Gasteiger partial charge in [-0.15, -0.1) is 0 Å². The standard InChI is InChI=1S/C11H14O2/c1-8-4-3-5-9-6-7-13-11(12-2)10(8)9/h3-5,11H,6-7H2,1-2H3/t11-/m1/s1. The van der Waals surface area contributed by atoms with E-state index in [-0.39, 0.29) is 6.29 Å². The third-order valence-electron chi connectivity index (χ3n) is 2.50. The summed E-state index contributed by atoms with van der Waals surface area (Å²) in [5, 5.41) is 0. The Morgan fingerprint density at radius 3 is 3.08 bits per heavy atom. The lowest BCUT2D eigenvalue weighted by atomic mass is 9.97. The summed E-state index contributed by atoms with van der Waals surface area (Å²) in [6, 6.07) is 6.34. The van der Waals surface area contributed by atoms with Crippen LogP contribution in [0.15, 0.2) is 18.2 Å². The minimum atomic E-state index is -0.162. The van der Waals surface area contributed by atoms with E-state index in [1.54, 1.807) is 7.11 Å². The third kappa shape index (κ3) is 1.47. The molecule has 2 heteroatoms. The van der Waals surface area contributed by atoms with Gasteiger partial charge in [-0.1, -0.05) is 18.2 Å². The summed E-state index contributed by atoms with van der Waals surface area (Å²) in [5.41, 5.74) is 3.83. The van der Waals surface area contributed by atoms with Gasteiger partial charge < -0.3 is 9.47 Å². The van der Waals surface area contributed by atoms with Crippen molar-refractivity contribution < 1.29 is 9.47 Å². The Bertz CT molecular complexity index is 307. The van der Waals surface area contributed by atoms with Gasteiger partial charge in [0, 0.05) is 12.7 Å². The first-order valence-corrected chi connectivity index (χ1v) is 4.55. The maximum Gasteiger partial charge on any atom is 0.183 e. The first-order chi connectivity index (χ1) is 6.33. The zero-order valence-corrected chi connectivity index (χ0v) is 8.04. The third-order valence-corrected chi connectivity index (χ3v) is 2.50. The summed E-state index contributed by atoms with van der Waals surface area (Å²) in [5.74, 6) is 0. The number of methoxy groups -OCH3 is 1. The highest BCUT2D eigenvalue weighted by atomic mass is 16.7. The number of fused-ring (bicyclic) bond motifs is 1. The van der Waals surface area contributed by atoms with Gasteiger partial charge in [-0.05, 0) is 24.5 Å². The summed E-state index contributed by atoms with van der Waals surface area (Å²) in [6.07, 6.45) is 0.835. The Kier molecular flexibility index (Phi) is 2.34. The van der Waals surface area contributed by atoms with Crippen LogP contribution >= 0.6 is 0 Å². The van der Waals surface area contributed by atoms with Gasteiger partial charge >= 0.3 is 0 Å². The Balaban J connectivity index is 2.47. The lowest BCUT2D eigenvalue weighted by molar-refractivity contribution is -0.134. The van der Waals surface area contributed by atoms with Crippen LogP contribution in [0.5, 0.6) is 0 Å². The molecule has 0 N–H and O–H groups in total. The van der Waals surface area contributed by atoms with Crippen LogP contribution in [0, 0.1) is 6.92 Å². The smallest absolute Gasteiger partial charge is 0.183 e. The minimum absolute atomic E-state index is 0.162. The molecule has 0 saturated heterocycles. The lowest BCUT2D eigenvalue weighted by Crippen LogP contribution is -2.18. The summed E-state index contributed by atoms with van der Waals surface area (Å²) < 4.78 is 10.8. The first kappa shape index (κ1) is 8.73. The summed E-state index contributed by atoms with van der Waals surface area (Å²) in [7, 11) is 1.69. The maximum absolute atomic E-state index is 5.51. The number of rotatable bonds is 1. The molecular weight excluding hydrogens is 164 g/mol. The molecule has 1 aliphatic heterocycles. The van der Waals surface area contributed by atoms with Gasteiger partial charge in [-0.25, -0.2) is 0 Å². The molecule has 1 heterocycles. The molecule has 0 saturated carbocycles. The molecule has 0 spiro atoms. The van der Waals surface area contributed by atoms with Crippen molar-refractivity contribution in [2.75, 3.05) is 13.7 Å². The molecular formula is C11H14O2. The van der Waals surface area contributed by atoms with Gasteiger partial charge in [-0.3, -0.25) is 0 Å². The van der Waals surface area contributed by atoms with Crippen LogP contribution in [0.25, 0.3) is 0 Å². The van der Waals surface area contributed by atoms with Crippen molar-refractivity contribution in [2.45, 2.75) is 19.6 Å². The molecule has 70 valence electrons. The van der Waals surface area contributed by atoms with E-state index in [1.165, 1.54) is 16.7 Å². The van der Waals surface area contributed by atoms with E-state index in [4.69, 9.17) is 9.47 Å². The van der Waals surface area contributed by atoms with Gasteiger partial charge in [0.1, 0.15) is 0 Å². The fourth-order valence-corrected chi connectivity index (χ4v) is 1.84.